The molecule has 2 aromatic carbocycles. The Morgan fingerprint density at radius 1 is 0.926 bits per heavy atom. The topological polar surface area (TPSA) is 27.7 Å². The third kappa shape index (κ3) is 4.30. The van der Waals surface area contributed by atoms with Crippen LogP contribution in [0.1, 0.15) is 38.8 Å². The Morgan fingerprint density at radius 3 is 2.19 bits per heavy atom. The zero-order chi connectivity index (χ0) is 19.9. The molecule has 27 heavy (non-hydrogen) atoms. The van der Waals surface area contributed by atoms with E-state index in [0.717, 1.165) is 17.6 Å². The van der Waals surface area contributed by atoms with Gasteiger partial charge in [-0.1, -0.05) is 24.3 Å². The van der Waals surface area contributed by atoms with Gasteiger partial charge in [-0.15, -0.1) is 0 Å². The highest BCUT2D eigenvalue weighted by Crippen LogP contribution is 2.36. The van der Waals surface area contributed by atoms with Crippen LogP contribution in [-0.2, 0) is 22.1 Å². The Kier molecular flexibility index (Phi) is 5.03. The molecule has 7 heteroatoms. The Balaban J connectivity index is 1.71. The van der Waals surface area contributed by atoms with Gasteiger partial charge in [0.15, 0.2) is 0 Å². The third-order valence-corrected chi connectivity index (χ3v) is 5.04. The first-order valence-electron chi connectivity index (χ1n) is 8.72. The van der Waals surface area contributed by atoms with Crippen molar-refractivity contribution in [1.29, 1.82) is 0 Å². The normalized spacial score (nSPS) is 18.6. The summed E-state index contributed by atoms with van der Waals surface area (Å²) in [7, 11) is -0.521. The lowest BCUT2D eigenvalue weighted by Crippen LogP contribution is -2.41. The van der Waals surface area contributed by atoms with Crippen LogP contribution in [0, 0.1) is 0 Å². The molecule has 144 valence electrons. The highest BCUT2D eigenvalue weighted by Gasteiger charge is 2.51. The number of ether oxygens (including phenoxy) is 1. The van der Waals surface area contributed by atoms with Gasteiger partial charge in [-0.2, -0.15) is 13.2 Å². The molecular formula is C20H22BF3O3. The van der Waals surface area contributed by atoms with Crippen molar-refractivity contribution in [2.24, 2.45) is 0 Å². The van der Waals surface area contributed by atoms with Crippen LogP contribution < -0.4 is 10.2 Å². The molecule has 1 saturated heterocycles. The summed E-state index contributed by atoms with van der Waals surface area (Å²) < 4.78 is 56.2. The molecule has 0 atom stereocenters. The number of hydrogen-bond acceptors (Lipinski definition) is 3. The summed E-state index contributed by atoms with van der Waals surface area (Å²) in [5.41, 5.74) is -0.338. The van der Waals surface area contributed by atoms with Gasteiger partial charge < -0.3 is 14.0 Å². The molecule has 3 rings (SSSR count). The van der Waals surface area contributed by atoms with E-state index in [1.807, 2.05) is 39.8 Å². The monoisotopic (exact) mass is 378 g/mol. The number of benzene rings is 2. The molecule has 0 aliphatic carbocycles. The van der Waals surface area contributed by atoms with Crippen LogP contribution >= 0.6 is 0 Å². The Bertz CT molecular complexity index is 802. The Hall–Kier alpha value is -1.99. The molecular weight excluding hydrogens is 356 g/mol. The van der Waals surface area contributed by atoms with Crippen molar-refractivity contribution in [3.8, 4) is 5.75 Å². The predicted molar refractivity (Wildman–Crippen MR) is 97.9 cm³/mol. The summed E-state index contributed by atoms with van der Waals surface area (Å²) in [5.74, 6) is 0.541. The molecule has 3 nitrogen and oxygen atoms in total. The molecule has 0 aromatic heterocycles. The van der Waals surface area contributed by atoms with Crippen LogP contribution in [0.3, 0.4) is 0 Å². The molecule has 1 aliphatic heterocycles. The van der Waals surface area contributed by atoms with Crippen LogP contribution in [0.5, 0.6) is 5.75 Å². The molecule has 1 heterocycles. The van der Waals surface area contributed by atoms with E-state index in [1.165, 1.54) is 6.07 Å². The molecule has 0 unspecified atom stereocenters. The first-order valence-corrected chi connectivity index (χ1v) is 8.72. The summed E-state index contributed by atoms with van der Waals surface area (Å²) >= 11 is 0. The van der Waals surface area contributed by atoms with Crippen LogP contribution in [0.2, 0.25) is 0 Å². The zero-order valence-electron chi connectivity index (χ0n) is 15.8. The van der Waals surface area contributed by atoms with Gasteiger partial charge in [-0.3, -0.25) is 0 Å². The zero-order valence-corrected chi connectivity index (χ0v) is 15.8. The third-order valence-electron chi connectivity index (χ3n) is 5.04. The van der Waals surface area contributed by atoms with Crippen molar-refractivity contribution in [2.45, 2.75) is 51.7 Å². The smallest absolute Gasteiger partial charge is 0.489 e. The summed E-state index contributed by atoms with van der Waals surface area (Å²) in [6.45, 7) is 7.93. The van der Waals surface area contributed by atoms with E-state index in [-0.39, 0.29) is 6.61 Å². The van der Waals surface area contributed by atoms with E-state index in [0.29, 0.717) is 11.3 Å². The van der Waals surface area contributed by atoms with Gasteiger partial charge in [0.2, 0.25) is 0 Å². The maximum Gasteiger partial charge on any atom is 0.494 e. The SMILES string of the molecule is CC1(C)OB(c2cccc(OCc3cccc(C(F)(F)F)c3)c2)OC1(C)C. The lowest BCUT2D eigenvalue weighted by molar-refractivity contribution is -0.137. The lowest BCUT2D eigenvalue weighted by Gasteiger charge is -2.32. The molecule has 1 fully saturated rings. The molecule has 2 aromatic rings. The summed E-state index contributed by atoms with van der Waals surface area (Å²) in [6.07, 6.45) is -4.37. The van der Waals surface area contributed by atoms with Crippen molar-refractivity contribution >= 4 is 12.6 Å². The van der Waals surface area contributed by atoms with E-state index in [4.69, 9.17) is 14.0 Å². The van der Waals surface area contributed by atoms with Gasteiger partial charge in [0, 0.05) is 0 Å². The maximum absolute atomic E-state index is 12.8. The van der Waals surface area contributed by atoms with Crippen LogP contribution in [-0.4, -0.2) is 18.3 Å². The fraction of sp³-hybridized carbons (Fsp3) is 0.400. The minimum Gasteiger partial charge on any atom is -0.489 e. The number of hydrogen-bond donors (Lipinski definition) is 0. The summed E-state index contributed by atoms with van der Waals surface area (Å²) in [4.78, 5) is 0. The van der Waals surface area contributed by atoms with E-state index in [2.05, 4.69) is 0 Å². The second-order valence-corrected chi connectivity index (χ2v) is 7.65. The van der Waals surface area contributed by atoms with Crippen molar-refractivity contribution in [1.82, 2.24) is 0 Å². The summed E-state index contributed by atoms with van der Waals surface area (Å²) in [6, 6.07) is 12.3. The highest BCUT2D eigenvalue weighted by atomic mass is 19.4. The van der Waals surface area contributed by atoms with Crippen molar-refractivity contribution in [2.75, 3.05) is 0 Å². The van der Waals surface area contributed by atoms with Crippen LogP contribution in [0.25, 0.3) is 0 Å². The van der Waals surface area contributed by atoms with Crippen molar-refractivity contribution < 1.29 is 27.2 Å². The fourth-order valence-corrected chi connectivity index (χ4v) is 2.73. The van der Waals surface area contributed by atoms with Gasteiger partial charge in [0.05, 0.1) is 16.8 Å². The highest BCUT2D eigenvalue weighted by molar-refractivity contribution is 6.62. The molecule has 0 radical (unpaired) electrons. The standard InChI is InChI=1S/C20H22BF3O3/c1-18(2)19(3,4)27-21(26-18)16-9-6-10-17(12-16)25-13-14-7-5-8-15(11-14)20(22,23)24/h5-12H,13H2,1-4H3. The predicted octanol–water partition coefficient (Wildman–Crippen LogP) is 4.58. The quantitative estimate of drug-likeness (QED) is 0.729. The Labute approximate surface area is 157 Å². The van der Waals surface area contributed by atoms with Crippen molar-refractivity contribution in [3.63, 3.8) is 0 Å². The molecule has 0 amide bonds. The van der Waals surface area contributed by atoms with Crippen LogP contribution in [0.15, 0.2) is 48.5 Å². The minimum atomic E-state index is -4.37. The average Bonchev–Trinajstić information content (AvgIpc) is 2.81. The van der Waals surface area contributed by atoms with Crippen LogP contribution in [0.4, 0.5) is 13.2 Å². The molecule has 0 N–H and O–H groups in total. The number of halogens is 3. The van der Waals surface area contributed by atoms with Gasteiger partial charge in [0.25, 0.3) is 0 Å². The largest absolute Gasteiger partial charge is 0.494 e. The van der Waals surface area contributed by atoms with Gasteiger partial charge in [-0.25, -0.2) is 0 Å². The molecule has 0 saturated carbocycles. The van der Waals surface area contributed by atoms with Gasteiger partial charge >= 0.3 is 13.3 Å². The first kappa shape index (κ1) is 19.8. The van der Waals surface area contributed by atoms with E-state index in [9.17, 15) is 13.2 Å². The van der Waals surface area contributed by atoms with E-state index < -0.39 is 30.1 Å². The number of alkyl halides is 3. The molecule has 1 aliphatic rings. The number of rotatable bonds is 4. The van der Waals surface area contributed by atoms with Crippen molar-refractivity contribution in [3.05, 3.63) is 59.7 Å². The van der Waals surface area contributed by atoms with E-state index >= 15 is 0 Å². The first-order chi connectivity index (χ1) is 12.5. The summed E-state index contributed by atoms with van der Waals surface area (Å²) in [5, 5.41) is 0. The lowest BCUT2D eigenvalue weighted by atomic mass is 9.79. The fourth-order valence-electron chi connectivity index (χ4n) is 2.73. The van der Waals surface area contributed by atoms with E-state index in [1.54, 1.807) is 18.2 Å². The van der Waals surface area contributed by atoms with Gasteiger partial charge in [0.1, 0.15) is 12.4 Å². The molecule has 0 bridgehead atoms. The minimum absolute atomic E-state index is 0.0384. The second-order valence-electron chi connectivity index (χ2n) is 7.65. The van der Waals surface area contributed by atoms with Gasteiger partial charge in [-0.05, 0) is 63.0 Å². The Morgan fingerprint density at radius 2 is 1.56 bits per heavy atom. The average molecular weight is 378 g/mol. The maximum atomic E-state index is 12.8. The second kappa shape index (κ2) is 6.87. The molecule has 0 spiro atoms.